The summed E-state index contributed by atoms with van der Waals surface area (Å²) in [5.74, 6) is -0.326. The molecule has 18 heavy (non-hydrogen) atoms. The number of carbonyl (C=O) groups excluding carboxylic acids is 2. The van der Waals surface area contributed by atoms with Crippen LogP contribution >= 0.6 is 0 Å². The van der Waals surface area contributed by atoms with Gasteiger partial charge in [-0.3, -0.25) is 4.79 Å². The smallest absolute Gasteiger partial charge is 0.412 e. The van der Waals surface area contributed by atoms with Crippen molar-refractivity contribution in [2.45, 2.75) is 20.5 Å². The van der Waals surface area contributed by atoms with Crippen LogP contribution in [0.5, 0.6) is 5.75 Å². The van der Waals surface area contributed by atoms with Gasteiger partial charge >= 0.3 is 6.09 Å². The summed E-state index contributed by atoms with van der Waals surface area (Å²) in [5.41, 5.74) is 2.34. The van der Waals surface area contributed by atoms with Crippen LogP contribution in [-0.2, 0) is 11.3 Å². The van der Waals surface area contributed by atoms with Gasteiger partial charge in [0.1, 0.15) is 12.4 Å². The van der Waals surface area contributed by atoms with Crippen LogP contribution in [0.15, 0.2) is 12.1 Å². The Bertz CT molecular complexity index is 450. The maximum absolute atomic E-state index is 11.2. The van der Waals surface area contributed by atoms with Crippen LogP contribution in [0.2, 0.25) is 0 Å². The number of hydrogen-bond donors (Lipinski definition) is 1. The second kappa shape index (κ2) is 6.09. The molecule has 1 rings (SSSR count). The molecule has 0 fully saturated rings. The summed E-state index contributed by atoms with van der Waals surface area (Å²) in [5, 5.41) is 2.38. The molecule has 1 aromatic carbocycles. The first-order valence-corrected chi connectivity index (χ1v) is 5.36. The molecule has 0 aliphatic rings. The molecule has 0 saturated heterocycles. The van der Waals surface area contributed by atoms with E-state index in [0.717, 1.165) is 16.7 Å². The fraction of sp³-hybridized carbons (Fsp3) is 0.333. The highest BCUT2D eigenvalue weighted by Gasteiger charge is 2.10. The average molecular weight is 247 g/mol. The normalized spacial score (nSPS) is 9.72. The standard InChI is InChI=1S/C12H14BNO4/c1-7-4-9(6-17-11(13)15)5-8(2)10(7)18-12(16)14-3/h4-5H,6H2,1-3H3,(H,14,16). The molecular formula is C12H14BNO4. The number of carbonyl (C=O) groups is 2. The molecular weight excluding hydrogens is 233 g/mol. The fourth-order valence-electron chi connectivity index (χ4n) is 1.58. The van der Waals surface area contributed by atoms with Crippen molar-refractivity contribution in [1.29, 1.82) is 0 Å². The lowest BCUT2D eigenvalue weighted by atomic mass is 10.1. The number of rotatable bonds is 3. The van der Waals surface area contributed by atoms with E-state index in [1.165, 1.54) is 7.05 Å². The molecule has 2 radical (unpaired) electrons. The summed E-state index contributed by atoms with van der Waals surface area (Å²) < 4.78 is 9.82. The van der Waals surface area contributed by atoms with E-state index in [2.05, 4.69) is 5.32 Å². The number of nitrogens with one attached hydrogen (secondary N) is 1. The van der Waals surface area contributed by atoms with E-state index in [1.807, 2.05) is 0 Å². The van der Waals surface area contributed by atoms with Crippen molar-refractivity contribution in [3.05, 3.63) is 28.8 Å². The van der Waals surface area contributed by atoms with Crippen molar-refractivity contribution < 1.29 is 19.1 Å². The van der Waals surface area contributed by atoms with E-state index in [4.69, 9.17) is 17.3 Å². The molecule has 0 unspecified atom stereocenters. The Hall–Kier alpha value is -1.98. The van der Waals surface area contributed by atoms with Gasteiger partial charge in [-0.2, -0.15) is 0 Å². The van der Waals surface area contributed by atoms with E-state index >= 15 is 0 Å². The number of hydrogen-bond acceptors (Lipinski definition) is 4. The van der Waals surface area contributed by atoms with Crippen LogP contribution in [0.3, 0.4) is 0 Å². The molecule has 0 spiro atoms. The predicted molar refractivity (Wildman–Crippen MR) is 66.9 cm³/mol. The van der Waals surface area contributed by atoms with E-state index in [-0.39, 0.29) is 6.61 Å². The van der Waals surface area contributed by atoms with E-state index in [0.29, 0.717) is 5.75 Å². The minimum Gasteiger partial charge on any atom is -0.470 e. The van der Waals surface area contributed by atoms with Gasteiger partial charge in [0.15, 0.2) is 0 Å². The molecule has 0 saturated carbocycles. The van der Waals surface area contributed by atoms with Crippen LogP contribution in [0.25, 0.3) is 0 Å². The van der Waals surface area contributed by atoms with Gasteiger partial charge in [0.05, 0.1) is 0 Å². The Kier molecular flexibility index (Phi) is 4.77. The highest BCUT2D eigenvalue weighted by Crippen LogP contribution is 2.25. The maximum Gasteiger partial charge on any atom is 0.412 e. The lowest BCUT2D eigenvalue weighted by Gasteiger charge is -2.12. The van der Waals surface area contributed by atoms with Crippen LogP contribution in [0, 0.1) is 13.8 Å². The van der Waals surface area contributed by atoms with E-state index in [9.17, 15) is 9.59 Å². The van der Waals surface area contributed by atoms with Crippen molar-refractivity contribution in [3.63, 3.8) is 0 Å². The average Bonchev–Trinajstić information content (AvgIpc) is 2.30. The van der Waals surface area contributed by atoms with Gasteiger partial charge in [-0.25, -0.2) is 4.79 Å². The van der Waals surface area contributed by atoms with Gasteiger partial charge in [0, 0.05) is 7.05 Å². The predicted octanol–water partition coefficient (Wildman–Crippen LogP) is 1.83. The number of aryl methyl sites for hydroxylation is 2. The molecule has 1 amide bonds. The van der Waals surface area contributed by atoms with Gasteiger partial charge in [0.2, 0.25) is 13.7 Å². The number of amides is 1. The van der Waals surface area contributed by atoms with Crippen LogP contribution in [0.4, 0.5) is 9.59 Å². The molecule has 0 bridgehead atoms. The molecule has 0 aliphatic heterocycles. The molecule has 0 aromatic heterocycles. The third kappa shape index (κ3) is 3.80. The number of benzene rings is 1. The molecule has 0 atom stereocenters. The monoisotopic (exact) mass is 247 g/mol. The Labute approximate surface area is 107 Å². The topological polar surface area (TPSA) is 64.6 Å². The first-order chi connectivity index (χ1) is 8.43. The van der Waals surface area contributed by atoms with Crippen molar-refractivity contribution in [3.8, 4) is 5.75 Å². The molecule has 1 N–H and O–H groups in total. The van der Waals surface area contributed by atoms with E-state index in [1.54, 1.807) is 26.0 Å². The second-order valence-electron chi connectivity index (χ2n) is 3.81. The molecule has 94 valence electrons. The Morgan fingerprint density at radius 3 is 2.28 bits per heavy atom. The van der Waals surface area contributed by atoms with Gasteiger partial charge in [0.25, 0.3) is 0 Å². The molecule has 0 heterocycles. The fourth-order valence-corrected chi connectivity index (χ4v) is 1.58. The Morgan fingerprint density at radius 2 is 1.83 bits per heavy atom. The van der Waals surface area contributed by atoms with Crippen LogP contribution < -0.4 is 10.1 Å². The van der Waals surface area contributed by atoms with Crippen LogP contribution in [0.1, 0.15) is 16.7 Å². The highest BCUT2D eigenvalue weighted by molar-refractivity contribution is 6.55. The summed E-state index contributed by atoms with van der Waals surface area (Å²) in [6.45, 7) is 3.70. The third-order valence-corrected chi connectivity index (χ3v) is 2.30. The largest absolute Gasteiger partial charge is 0.470 e. The molecule has 6 heteroatoms. The molecule has 1 aromatic rings. The molecule has 5 nitrogen and oxygen atoms in total. The first-order valence-electron chi connectivity index (χ1n) is 5.36. The van der Waals surface area contributed by atoms with Gasteiger partial charge in [-0.05, 0) is 42.7 Å². The van der Waals surface area contributed by atoms with E-state index < -0.39 is 12.0 Å². The summed E-state index contributed by atoms with van der Waals surface area (Å²) in [6.07, 6.45) is -0.526. The highest BCUT2D eigenvalue weighted by atomic mass is 16.6. The lowest BCUT2D eigenvalue weighted by molar-refractivity contribution is 0.167. The zero-order valence-corrected chi connectivity index (χ0v) is 10.6. The second-order valence-corrected chi connectivity index (χ2v) is 3.81. The zero-order chi connectivity index (χ0) is 13.7. The summed E-state index contributed by atoms with van der Waals surface area (Å²) in [4.78, 5) is 21.7. The quantitative estimate of drug-likeness (QED) is 0.827. The summed E-state index contributed by atoms with van der Waals surface area (Å²) in [6, 6.07) is 3.54. The van der Waals surface area contributed by atoms with Gasteiger partial charge in [-0.15, -0.1) is 0 Å². The van der Waals surface area contributed by atoms with Crippen molar-refractivity contribution in [1.82, 2.24) is 5.32 Å². The summed E-state index contributed by atoms with van der Waals surface area (Å²) >= 11 is 0. The first kappa shape index (κ1) is 14.1. The number of ether oxygens (including phenoxy) is 2. The maximum atomic E-state index is 11.2. The SMILES string of the molecule is [B]C(=O)OCc1cc(C)c(OC(=O)NC)c(C)c1. The summed E-state index contributed by atoms with van der Waals surface area (Å²) in [7, 11) is 6.38. The minimum absolute atomic E-state index is 0.0945. The van der Waals surface area contributed by atoms with Gasteiger partial charge < -0.3 is 14.8 Å². The Balaban J connectivity index is 2.90. The van der Waals surface area contributed by atoms with Gasteiger partial charge in [-0.1, -0.05) is 0 Å². The lowest BCUT2D eigenvalue weighted by Crippen LogP contribution is -2.22. The van der Waals surface area contributed by atoms with Crippen LogP contribution in [-0.4, -0.2) is 26.9 Å². The Morgan fingerprint density at radius 1 is 1.28 bits per heavy atom. The molecule has 0 aliphatic carbocycles. The van der Waals surface area contributed by atoms with Crippen molar-refractivity contribution in [2.24, 2.45) is 0 Å². The van der Waals surface area contributed by atoms with Crippen molar-refractivity contribution in [2.75, 3.05) is 7.05 Å². The van der Waals surface area contributed by atoms with Crippen molar-refractivity contribution >= 4 is 19.8 Å². The third-order valence-electron chi connectivity index (χ3n) is 2.30. The zero-order valence-electron chi connectivity index (χ0n) is 10.6. The minimum atomic E-state index is -0.823.